The summed E-state index contributed by atoms with van der Waals surface area (Å²) in [5.74, 6) is 1.60. The summed E-state index contributed by atoms with van der Waals surface area (Å²) < 4.78 is 26.9. The van der Waals surface area contributed by atoms with E-state index in [2.05, 4.69) is 5.32 Å². The number of nitrogens with zero attached hydrogens (tertiary/aromatic N) is 2. The van der Waals surface area contributed by atoms with E-state index in [0.29, 0.717) is 37.9 Å². The average Bonchev–Trinajstić information content (AvgIpc) is 3.44. The van der Waals surface area contributed by atoms with Gasteiger partial charge in [0.1, 0.15) is 9.64 Å². The van der Waals surface area contributed by atoms with Crippen molar-refractivity contribution in [1.82, 2.24) is 9.62 Å². The van der Waals surface area contributed by atoms with Crippen LogP contribution in [0.25, 0.3) is 0 Å². The highest BCUT2D eigenvalue weighted by Gasteiger charge is 2.50. The highest BCUT2D eigenvalue weighted by molar-refractivity contribution is 8.16. The van der Waals surface area contributed by atoms with Crippen LogP contribution in [0.15, 0.2) is 34.2 Å². The van der Waals surface area contributed by atoms with E-state index in [1.165, 1.54) is 23.6 Å². The minimum absolute atomic E-state index is 0.00631. The minimum atomic E-state index is -3.63. The molecule has 4 fully saturated rings. The Morgan fingerprint density at radius 2 is 1.90 bits per heavy atom. The second-order valence-electron chi connectivity index (χ2n) is 9.45. The minimum Gasteiger partial charge on any atom is -0.304 e. The van der Waals surface area contributed by atoms with Crippen LogP contribution in [0.1, 0.15) is 45.4 Å². The lowest BCUT2D eigenvalue weighted by molar-refractivity contribution is -0.122. The second kappa shape index (κ2) is 8.04. The van der Waals surface area contributed by atoms with Gasteiger partial charge in [-0.25, -0.2) is 8.42 Å². The van der Waals surface area contributed by atoms with Crippen molar-refractivity contribution < 1.29 is 13.2 Å². The number of carbonyl (C=O) groups is 1. The fourth-order valence-corrected chi connectivity index (χ4v) is 9.02. The molecule has 0 radical (unpaired) electrons. The Morgan fingerprint density at radius 3 is 2.55 bits per heavy atom. The van der Waals surface area contributed by atoms with E-state index in [0.717, 1.165) is 17.5 Å². The summed E-state index contributed by atoms with van der Waals surface area (Å²) in [7, 11) is -3.63. The monoisotopic (exact) mass is 481 g/mol. The van der Waals surface area contributed by atoms with Crippen LogP contribution in [0.4, 0.5) is 0 Å². The van der Waals surface area contributed by atoms with Crippen LogP contribution >= 0.6 is 23.4 Å². The van der Waals surface area contributed by atoms with Crippen molar-refractivity contribution in [3.8, 4) is 0 Å². The lowest BCUT2D eigenvalue weighted by Crippen LogP contribution is -2.47. The predicted octanol–water partition coefficient (Wildman–Crippen LogP) is 3.91. The molecule has 5 rings (SSSR count). The summed E-state index contributed by atoms with van der Waals surface area (Å²) in [6.07, 6.45) is 6.32. The maximum absolute atomic E-state index is 13.0. The number of benzene rings is 1. The van der Waals surface area contributed by atoms with Crippen LogP contribution < -0.4 is 5.32 Å². The van der Waals surface area contributed by atoms with Crippen LogP contribution in [0.3, 0.4) is 0 Å². The Bertz CT molecular complexity index is 1020. The maximum Gasteiger partial charge on any atom is 0.244 e. The summed E-state index contributed by atoms with van der Waals surface area (Å²) in [5, 5.41) is 4.03. The number of sulfonamides is 1. The number of amidine groups is 1. The quantitative estimate of drug-likeness (QED) is 0.707. The van der Waals surface area contributed by atoms with Crippen molar-refractivity contribution >= 4 is 44.5 Å². The number of halogens is 1. The van der Waals surface area contributed by atoms with Crippen molar-refractivity contribution in [3.05, 3.63) is 29.3 Å². The summed E-state index contributed by atoms with van der Waals surface area (Å²) in [4.78, 5) is 18.0. The highest BCUT2D eigenvalue weighted by Crippen LogP contribution is 2.48. The van der Waals surface area contributed by atoms with Crippen LogP contribution in [-0.2, 0) is 14.8 Å². The molecule has 2 aliphatic heterocycles. The topological polar surface area (TPSA) is 78.8 Å². The molecule has 1 N–H and O–H groups in total. The number of carbonyl (C=O) groups excluding carboxylic acids is 1. The summed E-state index contributed by atoms with van der Waals surface area (Å²) >= 11 is 7.69. The first-order chi connectivity index (χ1) is 14.8. The maximum atomic E-state index is 13.0. The predicted molar refractivity (Wildman–Crippen MR) is 124 cm³/mol. The Kier molecular flexibility index (Phi) is 5.64. The van der Waals surface area contributed by atoms with E-state index in [4.69, 9.17) is 16.6 Å². The molecule has 2 bridgehead atoms. The van der Waals surface area contributed by atoms with Gasteiger partial charge in [-0.1, -0.05) is 41.9 Å². The fraction of sp³-hybridized carbons (Fsp3) is 0.636. The first-order valence-electron chi connectivity index (χ1n) is 11.1. The molecule has 4 atom stereocenters. The molecule has 2 saturated heterocycles. The molecule has 0 spiro atoms. The first-order valence-corrected chi connectivity index (χ1v) is 13.7. The number of piperidine rings is 1. The van der Waals surface area contributed by atoms with Gasteiger partial charge in [0.25, 0.3) is 0 Å². The van der Waals surface area contributed by atoms with E-state index in [9.17, 15) is 13.2 Å². The molecule has 2 aliphatic carbocycles. The Morgan fingerprint density at radius 1 is 1.16 bits per heavy atom. The van der Waals surface area contributed by atoms with Crippen LogP contribution in [0.5, 0.6) is 0 Å². The smallest absolute Gasteiger partial charge is 0.244 e. The third kappa shape index (κ3) is 3.83. The van der Waals surface area contributed by atoms with Crippen molar-refractivity contribution in [2.75, 3.05) is 13.1 Å². The second-order valence-corrected chi connectivity index (χ2v) is 13.2. The van der Waals surface area contributed by atoms with Gasteiger partial charge in [-0.2, -0.15) is 4.31 Å². The Labute approximate surface area is 193 Å². The molecule has 2 saturated carbocycles. The molecule has 4 aliphatic rings. The van der Waals surface area contributed by atoms with Crippen molar-refractivity contribution in [1.29, 1.82) is 0 Å². The normalized spacial score (nSPS) is 35.7. The molecule has 9 heteroatoms. The van der Waals surface area contributed by atoms with E-state index in [1.54, 1.807) is 36.0 Å². The largest absolute Gasteiger partial charge is 0.304 e. The third-order valence-electron chi connectivity index (χ3n) is 7.65. The molecular weight excluding hydrogens is 454 g/mol. The van der Waals surface area contributed by atoms with Gasteiger partial charge < -0.3 is 5.32 Å². The summed E-state index contributed by atoms with van der Waals surface area (Å²) in [6.45, 7) is 2.76. The van der Waals surface area contributed by atoms with Crippen molar-refractivity contribution in [3.63, 3.8) is 0 Å². The zero-order chi connectivity index (χ0) is 21.8. The van der Waals surface area contributed by atoms with Crippen LogP contribution in [0, 0.1) is 17.8 Å². The molecule has 2 heterocycles. The SMILES string of the molecule is CC1(C2CCN(S(=O)(=O)c3ccccc3Cl)CC2)SC(=N[C@H]2C[C@@H]3CC[C@H]2C3)NC1=O. The highest BCUT2D eigenvalue weighted by atomic mass is 35.5. The van der Waals surface area contributed by atoms with Gasteiger partial charge >= 0.3 is 0 Å². The summed E-state index contributed by atoms with van der Waals surface area (Å²) in [6, 6.07) is 6.90. The average molecular weight is 482 g/mol. The van der Waals surface area contributed by atoms with E-state index in [1.807, 2.05) is 6.92 Å². The van der Waals surface area contributed by atoms with Crippen molar-refractivity contribution in [2.24, 2.45) is 22.7 Å². The number of rotatable bonds is 4. The zero-order valence-corrected chi connectivity index (χ0v) is 20.0. The molecule has 31 heavy (non-hydrogen) atoms. The molecular formula is C22H28ClN3O3S2. The fourth-order valence-electron chi connectivity index (χ4n) is 5.78. The number of fused-ring (bicyclic) bond motifs is 2. The molecule has 6 nitrogen and oxygen atoms in total. The van der Waals surface area contributed by atoms with Gasteiger partial charge in [0, 0.05) is 13.1 Å². The number of hydrogen-bond acceptors (Lipinski definition) is 5. The van der Waals surface area contributed by atoms with Gasteiger partial charge in [-0.3, -0.25) is 9.79 Å². The van der Waals surface area contributed by atoms with Gasteiger partial charge in [-0.05, 0) is 68.9 Å². The van der Waals surface area contributed by atoms with Gasteiger partial charge in [0.15, 0.2) is 5.17 Å². The summed E-state index contributed by atoms with van der Waals surface area (Å²) in [5.41, 5.74) is 0. The number of aliphatic imine (C=N–C) groups is 1. The van der Waals surface area contributed by atoms with Crippen LogP contribution in [-0.4, -0.2) is 47.7 Å². The number of thioether (sulfide) groups is 1. The first kappa shape index (κ1) is 21.7. The zero-order valence-electron chi connectivity index (χ0n) is 17.6. The van der Waals surface area contributed by atoms with E-state index >= 15 is 0 Å². The molecule has 1 aromatic rings. The molecule has 1 amide bonds. The Hall–Kier alpha value is -1.09. The van der Waals surface area contributed by atoms with Gasteiger partial charge in [-0.15, -0.1) is 0 Å². The van der Waals surface area contributed by atoms with Gasteiger partial charge in [0.2, 0.25) is 15.9 Å². The third-order valence-corrected chi connectivity index (χ3v) is 11.4. The van der Waals surface area contributed by atoms with E-state index < -0.39 is 14.8 Å². The lowest BCUT2D eigenvalue weighted by atomic mass is 9.84. The standard InChI is InChI=1S/C22H28ClN3O3S2/c1-22(20(27)25-21(30-22)24-18-13-14-6-7-15(18)12-14)16-8-10-26(11-9-16)31(28,29)19-5-3-2-4-17(19)23/h2-5,14-16,18H,6-13H2,1H3,(H,24,25,27)/t14-,15+,18+,22?/m1/s1. The Balaban J connectivity index is 1.26. The molecule has 0 aromatic heterocycles. The number of nitrogens with one attached hydrogen (secondary N) is 1. The van der Waals surface area contributed by atoms with Crippen LogP contribution in [0.2, 0.25) is 5.02 Å². The van der Waals surface area contributed by atoms with Crippen molar-refractivity contribution in [2.45, 2.75) is 61.1 Å². The molecule has 1 unspecified atom stereocenters. The molecule has 168 valence electrons. The lowest BCUT2D eigenvalue weighted by Gasteiger charge is -2.37. The molecule has 1 aromatic carbocycles. The number of hydrogen-bond donors (Lipinski definition) is 1. The van der Waals surface area contributed by atoms with E-state index in [-0.39, 0.29) is 21.7 Å². The number of amides is 1. The van der Waals surface area contributed by atoms with Gasteiger partial charge in [0.05, 0.1) is 11.1 Å².